The van der Waals surface area contributed by atoms with Gasteiger partial charge in [0.05, 0.1) is 17.3 Å². The van der Waals surface area contributed by atoms with Gasteiger partial charge in [-0.1, -0.05) is 11.6 Å². The monoisotopic (exact) mass is 314 g/mol. The number of hydrogen-bond acceptors (Lipinski definition) is 3. The largest absolute Gasteiger partial charge is 0.392 e. The van der Waals surface area contributed by atoms with E-state index in [1.165, 1.54) is 0 Å². The lowest BCUT2D eigenvalue weighted by Crippen LogP contribution is -2.37. The van der Waals surface area contributed by atoms with Gasteiger partial charge in [-0.3, -0.25) is 0 Å². The Labute approximate surface area is 130 Å². The van der Waals surface area contributed by atoms with Crippen LogP contribution in [0.15, 0.2) is 29.2 Å². The molecule has 0 aliphatic carbocycles. The molecule has 4 heteroatoms. The Morgan fingerprint density at radius 1 is 1.30 bits per heavy atom. The van der Waals surface area contributed by atoms with Crippen molar-refractivity contribution < 1.29 is 9.84 Å². The summed E-state index contributed by atoms with van der Waals surface area (Å²) in [5, 5.41) is 11.2. The Bertz CT molecular complexity index is 456. The fourth-order valence-electron chi connectivity index (χ4n) is 3.03. The minimum atomic E-state index is -0.368. The molecule has 20 heavy (non-hydrogen) atoms. The molecule has 0 radical (unpaired) electrons. The molecule has 1 heterocycles. The smallest absolute Gasteiger partial charge is 0.0690 e. The second-order valence-electron chi connectivity index (χ2n) is 6.61. The molecule has 1 aliphatic rings. The second-order valence-corrected chi connectivity index (χ2v) is 8.14. The fourth-order valence-corrected chi connectivity index (χ4v) is 4.08. The molecule has 2 atom stereocenters. The number of thioether (sulfide) groups is 1. The van der Waals surface area contributed by atoms with Crippen LogP contribution < -0.4 is 0 Å². The van der Waals surface area contributed by atoms with Gasteiger partial charge in [-0.05, 0) is 58.4 Å². The number of aliphatic hydroxyl groups is 1. The summed E-state index contributed by atoms with van der Waals surface area (Å²) in [7, 11) is 0. The first-order valence-electron chi connectivity index (χ1n) is 6.96. The van der Waals surface area contributed by atoms with E-state index in [1.54, 1.807) is 11.8 Å². The van der Waals surface area contributed by atoms with Gasteiger partial charge < -0.3 is 9.84 Å². The van der Waals surface area contributed by atoms with Crippen molar-refractivity contribution in [3.8, 4) is 0 Å². The molecule has 1 fully saturated rings. The summed E-state index contributed by atoms with van der Waals surface area (Å²) in [6.45, 7) is 8.33. The highest BCUT2D eigenvalue weighted by Gasteiger charge is 2.48. The molecule has 0 spiro atoms. The number of benzene rings is 1. The van der Waals surface area contributed by atoms with Crippen molar-refractivity contribution in [3.05, 3.63) is 29.3 Å². The molecule has 2 nitrogen and oxygen atoms in total. The van der Waals surface area contributed by atoms with Gasteiger partial charge in [0.25, 0.3) is 0 Å². The van der Waals surface area contributed by atoms with Crippen molar-refractivity contribution in [2.75, 3.05) is 5.75 Å². The van der Waals surface area contributed by atoms with Crippen LogP contribution in [-0.2, 0) is 4.74 Å². The van der Waals surface area contributed by atoms with Crippen LogP contribution >= 0.6 is 23.4 Å². The van der Waals surface area contributed by atoms with Gasteiger partial charge in [-0.15, -0.1) is 11.8 Å². The summed E-state index contributed by atoms with van der Waals surface area (Å²) in [5.41, 5.74) is -0.427. The quantitative estimate of drug-likeness (QED) is 0.836. The number of rotatable bonds is 4. The lowest BCUT2D eigenvalue weighted by molar-refractivity contribution is -0.0853. The summed E-state index contributed by atoms with van der Waals surface area (Å²) >= 11 is 7.53. The minimum absolute atomic E-state index is 0.153. The standard InChI is InChI=1S/C16H23ClO2S/c1-15(2)9-13(16(3,4)19-15)14(18)10-20-12-7-5-11(17)6-8-12/h5-8,13-14,18H,9-10H2,1-4H3. The van der Waals surface area contributed by atoms with Gasteiger partial charge in [0, 0.05) is 21.6 Å². The van der Waals surface area contributed by atoms with Crippen molar-refractivity contribution in [3.63, 3.8) is 0 Å². The molecular formula is C16H23ClO2S. The second kappa shape index (κ2) is 5.88. The molecule has 1 aliphatic heterocycles. The molecule has 2 rings (SSSR count). The Kier molecular flexibility index (Phi) is 4.75. The van der Waals surface area contributed by atoms with E-state index < -0.39 is 0 Å². The Morgan fingerprint density at radius 2 is 1.90 bits per heavy atom. The topological polar surface area (TPSA) is 29.5 Å². The van der Waals surface area contributed by atoms with E-state index >= 15 is 0 Å². The van der Waals surface area contributed by atoms with Crippen LogP contribution in [0, 0.1) is 5.92 Å². The van der Waals surface area contributed by atoms with Crippen LogP contribution in [-0.4, -0.2) is 28.2 Å². The predicted octanol–water partition coefficient (Wildman–Crippen LogP) is 4.39. The van der Waals surface area contributed by atoms with Gasteiger partial charge >= 0.3 is 0 Å². The van der Waals surface area contributed by atoms with Crippen LogP contribution in [0.25, 0.3) is 0 Å². The lowest BCUT2D eigenvalue weighted by Gasteiger charge is -2.30. The maximum absolute atomic E-state index is 10.5. The van der Waals surface area contributed by atoms with E-state index in [0.717, 1.165) is 16.3 Å². The average molecular weight is 315 g/mol. The van der Waals surface area contributed by atoms with Crippen molar-refractivity contribution in [1.29, 1.82) is 0 Å². The van der Waals surface area contributed by atoms with E-state index in [-0.39, 0.29) is 23.2 Å². The molecule has 1 aromatic carbocycles. The molecule has 1 aromatic rings. The number of halogens is 1. The lowest BCUT2D eigenvalue weighted by atomic mass is 9.84. The van der Waals surface area contributed by atoms with Gasteiger partial charge in [0.1, 0.15) is 0 Å². The highest BCUT2D eigenvalue weighted by atomic mass is 35.5. The van der Waals surface area contributed by atoms with Crippen molar-refractivity contribution in [2.24, 2.45) is 5.92 Å². The van der Waals surface area contributed by atoms with Gasteiger partial charge in [0.2, 0.25) is 0 Å². The zero-order valence-electron chi connectivity index (χ0n) is 12.5. The molecule has 0 saturated carbocycles. The van der Waals surface area contributed by atoms with E-state index in [9.17, 15) is 5.11 Å². The van der Waals surface area contributed by atoms with E-state index in [1.807, 2.05) is 24.3 Å². The molecule has 1 N–H and O–H groups in total. The first-order chi connectivity index (χ1) is 9.20. The predicted molar refractivity (Wildman–Crippen MR) is 85.5 cm³/mol. The van der Waals surface area contributed by atoms with Gasteiger partial charge in [-0.25, -0.2) is 0 Å². The van der Waals surface area contributed by atoms with Crippen LogP contribution in [0.1, 0.15) is 34.1 Å². The summed E-state index contributed by atoms with van der Waals surface area (Å²) < 4.78 is 6.05. The third kappa shape index (κ3) is 3.91. The Balaban J connectivity index is 1.95. The molecule has 0 aromatic heterocycles. The molecule has 1 saturated heterocycles. The van der Waals surface area contributed by atoms with E-state index in [2.05, 4.69) is 27.7 Å². The Morgan fingerprint density at radius 3 is 2.40 bits per heavy atom. The molecule has 112 valence electrons. The van der Waals surface area contributed by atoms with E-state index in [0.29, 0.717) is 5.75 Å². The van der Waals surface area contributed by atoms with Crippen molar-refractivity contribution >= 4 is 23.4 Å². The Hall–Kier alpha value is -0.220. The SMILES string of the molecule is CC1(C)CC(C(O)CSc2ccc(Cl)cc2)C(C)(C)O1. The van der Waals surface area contributed by atoms with Crippen LogP contribution in [0.5, 0.6) is 0 Å². The zero-order chi connectivity index (χ0) is 15.0. The van der Waals surface area contributed by atoms with E-state index in [4.69, 9.17) is 16.3 Å². The molecule has 2 unspecified atom stereocenters. The highest BCUT2D eigenvalue weighted by Crippen LogP contribution is 2.44. The first-order valence-corrected chi connectivity index (χ1v) is 8.33. The highest BCUT2D eigenvalue weighted by molar-refractivity contribution is 7.99. The normalized spacial score (nSPS) is 25.6. The average Bonchev–Trinajstić information content (AvgIpc) is 2.56. The number of hydrogen-bond donors (Lipinski definition) is 1. The first kappa shape index (κ1) is 16.2. The maximum atomic E-state index is 10.5. The zero-order valence-corrected chi connectivity index (χ0v) is 14.1. The summed E-state index contributed by atoms with van der Waals surface area (Å²) in [5.74, 6) is 0.840. The van der Waals surface area contributed by atoms with Gasteiger partial charge in [0.15, 0.2) is 0 Å². The fraction of sp³-hybridized carbons (Fsp3) is 0.625. The minimum Gasteiger partial charge on any atom is -0.392 e. The van der Waals surface area contributed by atoms with Crippen LogP contribution in [0.4, 0.5) is 0 Å². The third-order valence-corrected chi connectivity index (χ3v) is 5.21. The van der Waals surface area contributed by atoms with Crippen LogP contribution in [0.3, 0.4) is 0 Å². The third-order valence-electron chi connectivity index (χ3n) is 3.84. The van der Waals surface area contributed by atoms with Crippen molar-refractivity contribution in [2.45, 2.75) is 56.3 Å². The van der Waals surface area contributed by atoms with Crippen LogP contribution in [0.2, 0.25) is 5.02 Å². The molecule has 0 amide bonds. The summed E-state index contributed by atoms with van der Waals surface area (Å²) in [6.07, 6.45) is 0.523. The molecular weight excluding hydrogens is 292 g/mol. The summed E-state index contributed by atoms with van der Waals surface area (Å²) in [4.78, 5) is 1.13. The maximum Gasteiger partial charge on any atom is 0.0690 e. The summed E-state index contributed by atoms with van der Waals surface area (Å²) in [6, 6.07) is 7.73. The number of ether oxygens (including phenoxy) is 1. The molecule has 0 bridgehead atoms. The van der Waals surface area contributed by atoms with Gasteiger partial charge in [-0.2, -0.15) is 0 Å². The number of aliphatic hydroxyl groups excluding tert-OH is 1. The van der Waals surface area contributed by atoms with Crippen molar-refractivity contribution in [1.82, 2.24) is 0 Å².